The lowest BCUT2D eigenvalue weighted by Crippen LogP contribution is -2.50. The second-order valence-corrected chi connectivity index (χ2v) is 3.58. The lowest BCUT2D eigenvalue weighted by atomic mass is 10.1. The van der Waals surface area contributed by atoms with Crippen LogP contribution in [0, 0.1) is 0 Å². The maximum Gasteiger partial charge on any atom is 0.156 e. The van der Waals surface area contributed by atoms with Crippen molar-refractivity contribution in [2.24, 2.45) is 10.9 Å². The van der Waals surface area contributed by atoms with Crippen LogP contribution in [0.4, 0.5) is 0 Å². The number of amidine groups is 1. The molecule has 0 bridgehead atoms. The zero-order valence-electron chi connectivity index (χ0n) is 10.1. The first-order valence-electron chi connectivity index (χ1n) is 5.34. The summed E-state index contributed by atoms with van der Waals surface area (Å²) < 4.78 is 5.11. The lowest BCUT2D eigenvalue weighted by Gasteiger charge is -2.33. The number of nitrogens with two attached hydrogens (primary N) is 1. The van der Waals surface area contributed by atoms with E-state index in [9.17, 15) is 0 Å². The number of hydrogen-bond acceptors (Lipinski definition) is 4. The van der Waals surface area contributed by atoms with Gasteiger partial charge in [0.15, 0.2) is 5.84 Å². The molecular weight excluding hydrogens is 194 g/mol. The predicted molar refractivity (Wildman–Crippen MR) is 61.2 cm³/mol. The molecule has 0 aliphatic rings. The number of oxime groups is 1. The van der Waals surface area contributed by atoms with Crippen LogP contribution >= 0.6 is 0 Å². The van der Waals surface area contributed by atoms with Crippen molar-refractivity contribution >= 4 is 5.84 Å². The van der Waals surface area contributed by atoms with Crippen molar-refractivity contribution in [2.45, 2.75) is 39.3 Å². The van der Waals surface area contributed by atoms with Crippen molar-refractivity contribution in [1.29, 1.82) is 0 Å². The summed E-state index contributed by atoms with van der Waals surface area (Å²) in [7, 11) is 1.68. The van der Waals surface area contributed by atoms with Crippen LogP contribution in [0.1, 0.15) is 27.2 Å². The Balaban J connectivity index is 4.60. The molecule has 0 saturated carbocycles. The Labute approximate surface area is 91.9 Å². The van der Waals surface area contributed by atoms with Crippen molar-refractivity contribution in [3.63, 3.8) is 0 Å². The Morgan fingerprint density at radius 2 is 2.13 bits per heavy atom. The first-order chi connectivity index (χ1) is 7.12. The van der Waals surface area contributed by atoms with Crippen LogP contribution < -0.4 is 5.73 Å². The number of hydrogen-bond donors (Lipinski definition) is 2. The highest BCUT2D eigenvalue weighted by Crippen LogP contribution is 2.09. The van der Waals surface area contributed by atoms with Gasteiger partial charge >= 0.3 is 0 Å². The molecule has 2 unspecified atom stereocenters. The van der Waals surface area contributed by atoms with Gasteiger partial charge in [0.05, 0.1) is 12.6 Å². The van der Waals surface area contributed by atoms with Crippen LogP contribution in [-0.2, 0) is 4.74 Å². The summed E-state index contributed by atoms with van der Waals surface area (Å²) in [4.78, 5) is 2.17. The Morgan fingerprint density at radius 3 is 2.47 bits per heavy atom. The standard InChI is InChI=1S/C10H23N3O2/c1-5-9(10(11)12-14)13(6-2)8(3)7-15-4/h8-9,14H,5-7H2,1-4H3,(H2,11,12). The van der Waals surface area contributed by atoms with Crippen molar-refractivity contribution in [3.8, 4) is 0 Å². The zero-order chi connectivity index (χ0) is 11.8. The molecule has 0 spiro atoms. The van der Waals surface area contributed by atoms with Gasteiger partial charge < -0.3 is 15.7 Å². The first-order valence-corrected chi connectivity index (χ1v) is 5.34. The van der Waals surface area contributed by atoms with Gasteiger partial charge in [-0.25, -0.2) is 0 Å². The molecule has 0 heterocycles. The molecule has 0 aliphatic carbocycles. The highest BCUT2D eigenvalue weighted by Gasteiger charge is 2.23. The molecule has 0 aromatic heterocycles. The molecule has 90 valence electrons. The maximum absolute atomic E-state index is 8.70. The lowest BCUT2D eigenvalue weighted by molar-refractivity contribution is 0.0885. The third-order valence-corrected chi connectivity index (χ3v) is 2.58. The molecule has 3 N–H and O–H groups in total. The summed E-state index contributed by atoms with van der Waals surface area (Å²) >= 11 is 0. The SMILES string of the molecule is CCC(C(N)=NO)N(CC)C(C)COC. The van der Waals surface area contributed by atoms with Crippen LogP contribution in [0.25, 0.3) is 0 Å². The van der Waals surface area contributed by atoms with E-state index in [2.05, 4.69) is 23.9 Å². The monoisotopic (exact) mass is 217 g/mol. The molecule has 2 atom stereocenters. The highest BCUT2D eigenvalue weighted by atomic mass is 16.5. The van der Waals surface area contributed by atoms with E-state index in [-0.39, 0.29) is 17.9 Å². The van der Waals surface area contributed by atoms with E-state index in [1.54, 1.807) is 7.11 Å². The van der Waals surface area contributed by atoms with E-state index in [4.69, 9.17) is 15.7 Å². The molecule has 0 radical (unpaired) electrons. The number of rotatable bonds is 7. The van der Waals surface area contributed by atoms with Crippen LogP contribution in [-0.4, -0.2) is 48.3 Å². The predicted octanol–water partition coefficient (Wildman–Crippen LogP) is 0.868. The maximum atomic E-state index is 8.70. The minimum absolute atomic E-state index is 0.0230. The van der Waals surface area contributed by atoms with E-state index in [0.29, 0.717) is 6.61 Å². The molecule has 0 aromatic carbocycles. The average molecular weight is 217 g/mol. The molecule has 0 saturated heterocycles. The third kappa shape index (κ3) is 4.05. The highest BCUT2D eigenvalue weighted by molar-refractivity contribution is 5.85. The second-order valence-electron chi connectivity index (χ2n) is 3.58. The summed E-state index contributed by atoms with van der Waals surface area (Å²) in [5.41, 5.74) is 5.66. The number of methoxy groups -OCH3 is 1. The van der Waals surface area contributed by atoms with Gasteiger partial charge in [-0.15, -0.1) is 0 Å². The van der Waals surface area contributed by atoms with E-state index in [0.717, 1.165) is 13.0 Å². The van der Waals surface area contributed by atoms with Crippen LogP contribution in [0.15, 0.2) is 5.16 Å². The average Bonchev–Trinajstić information content (AvgIpc) is 2.24. The molecule has 0 fully saturated rings. The van der Waals surface area contributed by atoms with E-state index < -0.39 is 0 Å². The summed E-state index contributed by atoms with van der Waals surface area (Å²) in [6, 6.07) is 0.232. The number of likely N-dealkylation sites (N-methyl/N-ethyl adjacent to an activating group) is 1. The van der Waals surface area contributed by atoms with Gasteiger partial charge in [-0.1, -0.05) is 19.0 Å². The van der Waals surface area contributed by atoms with E-state index >= 15 is 0 Å². The van der Waals surface area contributed by atoms with Gasteiger partial charge in [-0.05, 0) is 19.9 Å². The Kier molecular flexibility index (Phi) is 7.07. The number of ether oxygens (including phenoxy) is 1. The molecule has 15 heavy (non-hydrogen) atoms. The van der Waals surface area contributed by atoms with Gasteiger partial charge in [0, 0.05) is 13.2 Å². The summed E-state index contributed by atoms with van der Waals surface area (Å²) in [6.07, 6.45) is 0.817. The molecule has 5 nitrogen and oxygen atoms in total. The smallest absolute Gasteiger partial charge is 0.156 e. The van der Waals surface area contributed by atoms with Gasteiger partial charge in [-0.2, -0.15) is 0 Å². The number of nitrogens with zero attached hydrogens (tertiary/aromatic N) is 2. The zero-order valence-corrected chi connectivity index (χ0v) is 10.1. The van der Waals surface area contributed by atoms with Gasteiger partial charge in [0.1, 0.15) is 0 Å². The molecule has 0 amide bonds. The summed E-state index contributed by atoms with van der Waals surface area (Å²) in [6.45, 7) is 7.63. The second kappa shape index (κ2) is 7.48. The minimum atomic E-state index is -0.0230. The van der Waals surface area contributed by atoms with Crippen LogP contribution in [0.3, 0.4) is 0 Å². The van der Waals surface area contributed by atoms with E-state index in [1.165, 1.54) is 0 Å². The van der Waals surface area contributed by atoms with Gasteiger partial charge in [0.2, 0.25) is 0 Å². The third-order valence-electron chi connectivity index (χ3n) is 2.58. The summed E-state index contributed by atoms with van der Waals surface area (Å²) in [5.74, 6) is 0.266. The van der Waals surface area contributed by atoms with Crippen molar-refractivity contribution in [1.82, 2.24) is 4.90 Å². The topological polar surface area (TPSA) is 71.1 Å². The fourth-order valence-electron chi connectivity index (χ4n) is 1.86. The van der Waals surface area contributed by atoms with E-state index in [1.807, 2.05) is 6.92 Å². The quantitative estimate of drug-likeness (QED) is 0.287. The normalized spacial score (nSPS) is 16.7. The molecular formula is C10H23N3O2. The van der Waals surface area contributed by atoms with Gasteiger partial charge in [-0.3, -0.25) is 4.90 Å². The largest absolute Gasteiger partial charge is 0.409 e. The van der Waals surface area contributed by atoms with Crippen LogP contribution in [0.2, 0.25) is 0 Å². The van der Waals surface area contributed by atoms with Crippen LogP contribution in [0.5, 0.6) is 0 Å². The Bertz CT molecular complexity index is 197. The minimum Gasteiger partial charge on any atom is -0.409 e. The fourth-order valence-corrected chi connectivity index (χ4v) is 1.86. The van der Waals surface area contributed by atoms with Crippen molar-refractivity contribution in [3.05, 3.63) is 0 Å². The molecule has 0 rings (SSSR count). The van der Waals surface area contributed by atoms with Crippen molar-refractivity contribution in [2.75, 3.05) is 20.3 Å². The Morgan fingerprint density at radius 1 is 1.53 bits per heavy atom. The molecule has 5 heteroatoms. The summed E-state index contributed by atoms with van der Waals surface area (Å²) in [5, 5.41) is 11.8. The van der Waals surface area contributed by atoms with Crippen molar-refractivity contribution < 1.29 is 9.94 Å². The Hall–Kier alpha value is -0.810. The first kappa shape index (κ1) is 14.2. The molecule has 0 aromatic rings. The molecule has 0 aliphatic heterocycles. The van der Waals surface area contributed by atoms with Gasteiger partial charge in [0.25, 0.3) is 0 Å². The fraction of sp³-hybridized carbons (Fsp3) is 0.900.